The summed E-state index contributed by atoms with van der Waals surface area (Å²) < 4.78 is 46.6. The van der Waals surface area contributed by atoms with E-state index in [-0.39, 0.29) is 31.7 Å². The number of nitrogens with zero attached hydrogens (tertiary/aromatic N) is 4. The smallest absolute Gasteiger partial charge is 1.00 e. The van der Waals surface area contributed by atoms with Gasteiger partial charge in [0.25, 0.3) is 0 Å². The minimum Gasteiger partial charge on any atom is -1.00 e. The molecule has 0 aliphatic carbocycles. The molecule has 11 nitrogen and oxygen atoms in total. The van der Waals surface area contributed by atoms with Crippen LogP contribution in [0.2, 0.25) is 0 Å². The second kappa shape index (κ2) is 16.7. The maximum absolute atomic E-state index is 12.7. The van der Waals surface area contributed by atoms with Crippen LogP contribution in [-0.2, 0) is 39.5 Å². The van der Waals surface area contributed by atoms with E-state index >= 15 is 0 Å². The molecule has 49 heavy (non-hydrogen) atoms. The first-order chi connectivity index (χ1) is 23.1. The van der Waals surface area contributed by atoms with E-state index in [0.717, 1.165) is 78.9 Å². The van der Waals surface area contributed by atoms with Gasteiger partial charge in [-0.15, -0.1) is 0 Å². The number of aryl methyl sites for hydroxylation is 2. The van der Waals surface area contributed by atoms with Gasteiger partial charge in [-0.1, -0.05) is 6.07 Å². The molecule has 0 bridgehead atoms. The molecule has 2 atom stereocenters. The Morgan fingerprint density at radius 1 is 0.755 bits per heavy atom. The number of aromatic amines is 1. The van der Waals surface area contributed by atoms with Gasteiger partial charge in [0.05, 0.1) is 89.7 Å². The summed E-state index contributed by atoms with van der Waals surface area (Å²) in [6, 6.07) is 11.2. The number of hydrogen-bond acceptors (Lipinski definition) is 10. The van der Waals surface area contributed by atoms with Gasteiger partial charge < -0.3 is 26.8 Å². The monoisotopic (exact) mass is 715 g/mol. The number of aromatic nitrogens is 4. The first-order valence-electron chi connectivity index (χ1n) is 15.1. The van der Waals surface area contributed by atoms with E-state index in [1.807, 2.05) is 64.1 Å². The van der Waals surface area contributed by atoms with Gasteiger partial charge in [0, 0.05) is 53.2 Å². The molecule has 2 aromatic carbocycles. The van der Waals surface area contributed by atoms with Crippen molar-refractivity contribution in [1.82, 2.24) is 19.9 Å². The van der Waals surface area contributed by atoms with Crippen molar-refractivity contribution in [2.24, 2.45) is 4.99 Å². The van der Waals surface area contributed by atoms with E-state index in [2.05, 4.69) is 24.9 Å². The van der Waals surface area contributed by atoms with Gasteiger partial charge in [-0.25, -0.2) is 9.98 Å². The minimum atomic E-state index is -1.33. The van der Waals surface area contributed by atoms with Gasteiger partial charge in [0.2, 0.25) is 0 Å². The van der Waals surface area contributed by atoms with E-state index < -0.39 is 21.6 Å². The van der Waals surface area contributed by atoms with Crippen LogP contribution in [0.5, 0.6) is 23.0 Å². The normalized spacial score (nSPS) is 12.9. The van der Waals surface area contributed by atoms with Gasteiger partial charge in [0.15, 0.2) is 5.16 Å². The zero-order valence-electron chi connectivity index (χ0n) is 31.0. The molecule has 1 N–H and O–H groups in total. The maximum Gasteiger partial charge on any atom is 2.00 e. The number of nitrogens with one attached hydrogen (secondary N) is 1. The van der Waals surface area contributed by atoms with Gasteiger partial charge in [-0.3, -0.25) is 18.4 Å². The van der Waals surface area contributed by atoms with Crippen molar-refractivity contribution in [3.05, 3.63) is 88.0 Å². The second-order valence-electron chi connectivity index (χ2n) is 11.2. The fourth-order valence-corrected chi connectivity index (χ4v) is 7.75. The molecule has 2 unspecified atom stereocenters. The molecule has 4 heterocycles. The van der Waals surface area contributed by atoms with E-state index in [0.29, 0.717) is 22.4 Å². The largest absolute Gasteiger partial charge is 2.00 e. The van der Waals surface area contributed by atoms with Gasteiger partial charge >= 0.3 is 23.1 Å². The third-order valence-corrected chi connectivity index (χ3v) is 10.5. The van der Waals surface area contributed by atoms with Crippen molar-refractivity contribution in [2.45, 2.75) is 50.8 Å². The summed E-state index contributed by atoms with van der Waals surface area (Å²) in [5.74, 6) is 3.69. The fraction of sp³-hybridized carbons (Fsp3) is 0.314. The molecule has 6 rings (SSSR count). The van der Waals surface area contributed by atoms with Crippen LogP contribution in [0.1, 0.15) is 42.1 Å². The van der Waals surface area contributed by atoms with Crippen LogP contribution in [0.3, 0.4) is 0 Å². The Labute approximate surface area is 310 Å². The second-order valence-corrected chi connectivity index (χ2v) is 14.0. The Bertz CT molecular complexity index is 2080. The number of ether oxygens (including phenoxy) is 4. The van der Waals surface area contributed by atoms with Crippen LogP contribution >= 0.6 is 0 Å². The summed E-state index contributed by atoms with van der Waals surface area (Å²) >= 11 is 0. The zero-order chi connectivity index (χ0) is 34.5. The number of benzene rings is 2. The molecule has 256 valence electrons. The summed E-state index contributed by atoms with van der Waals surface area (Å²) in [6.45, 7) is 7.76. The summed E-state index contributed by atoms with van der Waals surface area (Å²) in [4.78, 5) is 20.9. The standard InChI is InChI=1S/C18H20N2O3S.C17H19N3O3S.Mg.2H/c1-11-9-19-16(12(2)18(11)23-4)10-24(21)17-7-13-5-6-14(22-3)8-15(13)20-17;1-10-8-18-15(11(2)16(10)23-4)9-24(21)17-19-13-6-5-12(22-3)7-14(13)20-17;;;/h5-6,8-9H,7,10H2,1-4H3;5-8H,9H2,1-4H3,(H,19,20);;;/q;;+2;2*-1. The Balaban J connectivity index is 0.000000334. The van der Waals surface area contributed by atoms with Crippen LogP contribution in [-0.4, -0.2) is 84.9 Å². The number of H-pyrrole nitrogens is 1. The Hall–Kier alpha value is -3.85. The van der Waals surface area contributed by atoms with E-state index in [4.69, 9.17) is 18.9 Å². The first kappa shape index (κ1) is 38.0. The molecule has 14 heteroatoms. The molecule has 0 fully saturated rings. The van der Waals surface area contributed by atoms with Crippen LogP contribution in [0.25, 0.3) is 11.0 Å². The molecule has 0 saturated heterocycles. The molecule has 0 amide bonds. The predicted molar refractivity (Wildman–Crippen MR) is 197 cm³/mol. The summed E-state index contributed by atoms with van der Waals surface area (Å²) in [5, 5.41) is 1.11. The molecule has 1 aliphatic heterocycles. The quantitative estimate of drug-likeness (QED) is 0.182. The fourth-order valence-electron chi connectivity index (χ4n) is 5.43. The van der Waals surface area contributed by atoms with Crippen LogP contribution in [0, 0.1) is 27.7 Å². The molecule has 5 aromatic rings. The molecule has 0 spiro atoms. The third kappa shape index (κ3) is 8.48. The van der Waals surface area contributed by atoms with Gasteiger partial charge in [0.1, 0.15) is 28.0 Å². The van der Waals surface area contributed by atoms with E-state index in [1.165, 1.54) is 0 Å². The summed E-state index contributed by atoms with van der Waals surface area (Å²) in [7, 11) is 3.95. The van der Waals surface area contributed by atoms with Crippen molar-refractivity contribution < 1.29 is 30.2 Å². The van der Waals surface area contributed by atoms with Gasteiger partial charge in [-0.2, -0.15) is 0 Å². The third-order valence-electron chi connectivity index (χ3n) is 8.06. The zero-order valence-corrected chi connectivity index (χ0v) is 32.0. The number of fused-ring (bicyclic) bond motifs is 2. The van der Waals surface area contributed by atoms with Crippen molar-refractivity contribution in [3.63, 3.8) is 0 Å². The van der Waals surface area contributed by atoms with Crippen molar-refractivity contribution in [3.8, 4) is 23.0 Å². The number of pyridine rings is 2. The van der Waals surface area contributed by atoms with E-state index in [1.54, 1.807) is 40.8 Å². The molecular weight excluding hydrogens is 675 g/mol. The van der Waals surface area contributed by atoms with Crippen molar-refractivity contribution >= 4 is 66.4 Å². The average molecular weight is 716 g/mol. The van der Waals surface area contributed by atoms with Crippen LogP contribution in [0.15, 0.2) is 58.9 Å². The maximum atomic E-state index is 12.7. The molecule has 0 saturated carbocycles. The van der Waals surface area contributed by atoms with Crippen LogP contribution < -0.4 is 18.9 Å². The number of imidazole rings is 1. The van der Waals surface area contributed by atoms with Crippen LogP contribution in [0.4, 0.5) is 5.69 Å². The van der Waals surface area contributed by atoms with Crippen molar-refractivity contribution in [1.29, 1.82) is 0 Å². The molecule has 3 aromatic heterocycles. The Morgan fingerprint density at radius 3 is 1.88 bits per heavy atom. The predicted octanol–water partition coefficient (Wildman–Crippen LogP) is 5.99. The van der Waals surface area contributed by atoms with E-state index in [9.17, 15) is 8.42 Å². The molecular formula is C35H41MgN5O6S2. The number of aliphatic imine (C=N–C) groups is 1. The average Bonchev–Trinajstić information content (AvgIpc) is 3.72. The summed E-state index contributed by atoms with van der Waals surface area (Å²) in [5.41, 5.74) is 8.76. The number of methoxy groups -OCH3 is 4. The molecule has 1 aliphatic rings. The number of rotatable bonds is 9. The SMILES string of the molecule is COc1ccc2c(c1)N=C(S(=O)Cc1ncc(C)c(OC)c1C)C2.COc1ccc2nc(S(=O)Cc3ncc(C)c(OC)c3C)[nH]c2c1.[H-].[H-].[Mg+2]. The Morgan fingerprint density at radius 2 is 1.31 bits per heavy atom. The topological polar surface area (TPSA) is 138 Å². The van der Waals surface area contributed by atoms with Crippen molar-refractivity contribution in [2.75, 3.05) is 28.4 Å². The first-order valence-corrected chi connectivity index (χ1v) is 17.7. The van der Waals surface area contributed by atoms with Gasteiger partial charge in [-0.05, 0) is 51.5 Å². The summed E-state index contributed by atoms with van der Waals surface area (Å²) in [6.07, 6.45) is 4.10. The number of hydrogen-bond donors (Lipinski definition) is 1. The Kier molecular flexibility index (Phi) is 12.9. The molecule has 0 radical (unpaired) electrons. The minimum absolute atomic E-state index is 0.